The van der Waals surface area contributed by atoms with E-state index in [-0.39, 0.29) is 30.4 Å². The Kier molecular flexibility index (Phi) is 4.18. The van der Waals surface area contributed by atoms with Crippen molar-refractivity contribution in [3.63, 3.8) is 0 Å². The van der Waals surface area contributed by atoms with Gasteiger partial charge in [0.1, 0.15) is 5.75 Å². The van der Waals surface area contributed by atoms with Crippen LogP contribution in [0.1, 0.15) is 12.5 Å². The quantitative estimate of drug-likeness (QED) is 0.797. The molecule has 2 fully saturated rings. The third kappa shape index (κ3) is 3.13. The molecule has 122 valence electrons. The zero-order valence-corrected chi connectivity index (χ0v) is 12.9. The van der Waals surface area contributed by atoms with E-state index in [1.807, 2.05) is 31.2 Å². The van der Waals surface area contributed by atoms with Crippen molar-refractivity contribution in [2.75, 3.05) is 26.2 Å². The Morgan fingerprint density at radius 1 is 1.26 bits per heavy atom. The summed E-state index contributed by atoms with van der Waals surface area (Å²) in [4.78, 5) is 38.3. The molecule has 0 atom stereocenters. The van der Waals surface area contributed by atoms with Gasteiger partial charge in [0, 0.05) is 13.1 Å². The third-order valence-electron chi connectivity index (χ3n) is 4.05. The number of carbonyl (C=O) groups excluding carboxylic acids is 3. The van der Waals surface area contributed by atoms with Crippen LogP contribution in [0.4, 0.5) is 4.79 Å². The Morgan fingerprint density at radius 3 is 2.52 bits per heavy atom. The zero-order chi connectivity index (χ0) is 16.4. The van der Waals surface area contributed by atoms with E-state index in [4.69, 9.17) is 4.74 Å². The smallest absolute Gasteiger partial charge is 0.324 e. The monoisotopic (exact) mass is 317 g/mol. The van der Waals surface area contributed by atoms with Crippen molar-refractivity contribution in [2.24, 2.45) is 0 Å². The molecule has 0 unspecified atom stereocenters. The summed E-state index contributed by atoms with van der Waals surface area (Å²) in [5.41, 5.74) is 0.914. The molecule has 23 heavy (non-hydrogen) atoms. The van der Waals surface area contributed by atoms with Gasteiger partial charge in [-0.3, -0.25) is 14.5 Å². The molecule has 7 heteroatoms. The molecule has 0 bridgehead atoms. The van der Waals surface area contributed by atoms with Gasteiger partial charge in [-0.1, -0.05) is 12.1 Å². The van der Waals surface area contributed by atoms with E-state index < -0.39 is 0 Å². The standard InChI is InChI=1S/C16H19N3O4/c1-2-23-13-5-3-11(4-6-13)7-14(20)18-9-12(10-18)19-15(21)8-17-16(19)22/h3-6,12H,2,7-10H2,1H3,(H,17,22). The molecule has 1 aromatic carbocycles. The summed E-state index contributed by atoms with van der Waals surface area (Å²) in [5.74, 6) is 0.558. The zero-order valence-electron chi connectivity index (χ0n) is 12.9. The van der Waals surface area contributed by atoms with Gasteiger partial charge >= 0.3 is 6.03 Å². The van der Waals surface area contributed by atoms with E-state index in [2.05, 4.69) is 5.32 Å². The highest BCUT2D eigenvalue weighted by Gasteiger charge is 2.42. The van der Waals surface area contributed by atoms with Crippen LogP contribution >= 0.6 is 0 Å². The molecule has 2 saturated heterocycles. The van der Waals surface area contributed by atoms with Crippen LogP contribution in [0.25, 0.3) is 0 Å². The Bertz CT molecular complexity index is 607. The molecule has 7 nitrogen and oxygen atoms in total. The van der Waals surface area contributed by atoms with Gasteiger partial charge < -0.3 is 15.0 Å². The van der Waals surface area contributed by atoms with E-state index in [0.717, 1.165) is 11.3 Å². The minimum Gasteiger partial charge on any atom is -0.494 e. The molecule has 2 aliphatic heterocycles. The number of urea groups is 1. The first kappa shape index (κ1) is 15.3. The highest BCUT2D eigenvalue weighted by atomic mass is 16.5. The molecular weight excluding hydrogens is 298 g/mol. The van der Waals surface area contributed by atoms with E-state index in [9.17, 15) is 14.4 Å². The Balaban J connectivity index is 1.51. The Morgan fingerprint density at radius 2 is 1.96 bits per heavy atom. The molecule has 1 aromatic rings. The number of imide groups is 1. The van der Waals surface area contributed by atoms with Crippen LogP contribution in [0.5, 0.6) is 5.75 Å². The summed E-state index contributed by atoms with van der Waals surface area (Å²) in [6.07, 6.45) is 0.305. The lowest BCUT2D eigenvalue weighted by Crippen LogP contribution is -2.62. The largest absolute Gasteiger partial charge is 0.494 e. The van der Waals surface area contributed by atoms with Crippen molar-refractivity contribution >= 4 is 17.8 Å². The Labute approximate surface area is 134 Å². The van der Waals surface area contributed by atoms with Crippen LogP contribution in [0.15, 0.2) is 24.3 Å². The van der Waals surface area contributed by atoms with Crippen molar-refractivity contribution in [1.82, 2.24) is 15.1 Å². The average molecular weight is 317 g/mol. The maximum Gasteiger partial charge on any atom is 0.324 e. The number of benzene rings is 1. The summed E-state index contributed by atoms with van der Waals surface area (Å²) >= 11 is 0. The highest BCUT2D eigenvalue weighted by molar-refractivity contribution is 6.02. The first-order valence-corrected chi connectivity index (χ1v) is 7.68. The van der Waals surface area contributed by atoms with Crippen LogP contribution in [0.3, 0.4) is 0 Å². The molecule has 0 spiro atoms. The lowest BCUT2D eigenvalue weighted by Gasteiger charge is -2.42. The van der Waals surface area contributed by atoms with E-state index in [0.29, 0.717) is 26.1 Å². The second kappa shape index (κ2) is 6.28. The number of rotatable bonds is 5. The normalized spacial score (nSPS) is 18.0. The molecule has 0 saturated carbocycles. The van der Waals surface area contributed by atoms with Gasteiger partial charge in [-0.25, -0.2) is 4.79 Å². The van der Waals surface area contributed by atoms with Crippen molar-refractivity contribution < 1.29 is 19.1 Å². The number of amides is 4. The lowest BCUT2D eigenvalue weighted by atomic mass is 10.0. The summed E-state index contributed by atoms with van der Waals surface area (Å²) in [6, 6.07) is 6.87. The summed E-state index contributed by atoms with van der Waals surface area (Å²) in [7, 11) is 0. The van der Waals surface area contributed by atoms with E-state index >= 15 is 0 Å². The van der Waals surface area contributed by atoms with Crippen molar-refractivity contribution in [3.05, 3.63) is 29.8 Å². The minimum absolute atomic E-state index is 0.00235. The molecule has 0 radical (unpaired) electrons. The first-order chi connectivity index (χ1) is 11.1. The average Bonchev–Trinajstić information content (AvgIpc) is 2.80. The number of hydrogen-bond donors (Lipinski definition) is 1. The highest BCUT2D eigenvalue weighted by Crippen LogP contribution is 2.19. The predicted molar refractivity (Wildman–Crippen MR) is 81.9 cm³/mol. The number of hydrogen-bond acceptors (Lipinski definition) is 4. The first-order valence-electron chi connectivity index (χ1n) is 7.68. The third-order valence-corrected chi connectivity index (χ3v) is 4.05. The summed E-state index contributed by atoms with van der Waals surface area (Å²) in [6.45, 7) is 3.40. The van der Waals surface area contributed by atoms with E-state index in [1.54, 1.807) is 4.90 Å². The molecule has 0 aliphatic carbocycles. The second-order valence-electron chi connectivity index (χ2n) is 5.63. The van der Waals surface area contributed by atoms with Gasteiger partial charge in [0.25, 0.3) is 0 Å². The number of nitrogens with zero attached hydrogens (tertiary/aromatic N) is 2. The fourth-order valence-corrected chi connectivity index (χ4v) is 2.78. The van der Waals surface area contributed by atoms with Gasteiger partial charge in [-0.05, 0) is 24.6 Å². The van der Waals surface area contributed by atoms with Gasteiger partial charge in [-0.15, -0.1) is 0 Å². The minimum atomic E-state index is -0.362. The van der Waals surface area contributed by atoms with Crippen LogP contribution in [-0.2, 0) is 16.0 Å². The molecule has 2 heterocycles. The van der Waals surface area contributed by atoms with Gasteiger partial charge in [0.05, 0.1) is 25.6 Å². The van der Waals surface area contributed by atoms with Crippen molar-refractivity contribution in [1.29, 1.82) is 0 Å². The number of nitrogens with one attached hydrogen (secondary N) is 1. The maximum absolute atomic E-state index is 12.2. The van der Waals surface area contributed by atoms with Crippen LogP contribution < -0.4 is 10.1 Å². The van der Waals surface area contributed by atoms with Crippen LogP contribution in [0, 0.1) is 0 Å². The second-order valence-corrected chi connectivity index (χ2v) is 5.63. The van der Waals surface area contributed by atoms with Crippen molar-refractivity contribution in [2.45, 2.75) is 19.4 Å². The number of ether oxygens (including phenoxy) is 1. The van der Waals surface area contributed by atoms with Crippen LogP contribution in [0.2, 0.25) is 0 Å². The van der Waals surface area contributed by atoms with Crippen LogP contribution in [-0.4, -0.2) is 59.9 Å². The SMILES string of the molecule is CCOc1ccc(CC(=O)N2CC(N3C(=O)CNC3=O)C2)cc1. The van der Waals surface area contributed by atoms with E-state index in [1.165, 1.54) is 4.90 Å². The lowest BCUT2D eigenvalue weighted by molar-refractivity contribution is -0.141. The molecule has 2 aliphatic rings. The number of likely N-dealkylation sites (tertiary alicyclic amines) is 1. The van der Waals surface area contributed by atoms with Gasteiger partial charge in [-0.2, -0.15) is 0 Å². The fourth-order valence-electron chi connectivity index (χ4n) is 2.78. The Hall–Kier alpha value is -2.57. The molecular formula is C16H19N3O4. The molecule has 1 N–H and O–H groups in total. The van der Waals surface area contributed by atoms with Crippen molar-refractivity contribution in [3.8, 4) is 5.75 Å². The molecule has 4 amide bonds. The maximum atomic E-state index is 12.2. The summed E-state index contributed by atoms with van der Waals surface area (Å²) < 4.78 is 5.37. The summed E-state index contributed by atoms with van der Waals surface area (Å²) in [5, 5.41) is 2.49. The fraction of sp³-hybridized carbons (Fsp3) is 0.438. The predicted octanol–water partition coefficient (Wildman–Crippen LogP) is 0.390. The topological polar surface area (TPSA) is 79.0 Å². The van der Waals surface area contributed by atoms with Gasteiger partial charge in [0.15, 0.2) is 0 Å². The number of carbonyl (C=O) groups is 3. The molecule has 0 aromatic heterocycles. The van der Waals surface area contributed by atoms with Gasteiger partial charge in [0.2, 0.25) is 11.8 Å². The molecule has 3 rings (SSSR count).